The van der Waals surface area contributed by atoms with Gasteiger partial charge in [-0.25, -0.2) is 4.98 Å². The lowest BCUT2D eigenvalue weighted by molar-refractivity contribution is -0.143. The molecular formula is C18H20N2O3S. The number of aliphatic carboxylic acids is 1. The van der Waals surface area contributed by atoms with Crippen LogP contribution < -0.4 is 0 Å². The van der Waals surface area contributed by atoms with Crippen LogP contribution in [0.4, 0.5) is 0 Å². The zero-order valence-corrected chi connectivity index (χ0v) is 14.4. The van der Waals surface area contributed by atoms with Gasteiger partial charge >= 0.3 is 5.97 Å². The smallest absolute Gasteiger partial charge is 0.308 e. The number of carbonyl (C=O) groups is 2. The van der Waals surface area contributed by atoms with Crippen LogP contribution in [0.25, 0.3) is 0 Å². The Kier molecular flexibility index (Phi) is 4.94. The van der Waals surface area contributed by atoms with Gasteiger partial charge in [0.25, 0.3) is 5.91 Å². The second-order valence-corrected chi connectivity index (χ2v) is 7.20. The predicted octanol–water partition coefficient (Wildman–Crippen LogP) is 2.98. The van der Waals surface area contributed by atoms with E-state index in [0.717, 1.165) is 22.7 Å². The van der Waals surface area contributed by atoms with Crippen LogP contribution in [0.15, 0.2) is 30.3 Å². The molecule has 0 unspecified atom stereocenters. The summed E-state index contributed by atoms with van der Waals surface area (Å²) in [5.41, 5.74) is 1.89. The molecule has 126 valence electrons. The van der Waals surface area contributed by atoms with Crippen molar-refractivity contribution >= 4 is 23.2 Å². The maximum Gasteiger partial charge on any atom is 0.308 e. The van der Waals surface area contributed by atoms with Crippen molar-refractivity contribution in [1.29, 1.82) is 0 Å². The van der Waals surface area contributed by atoms with Crippen molar-refractivity contribution in [2.45, 2.75) is 26.2 Å². The van der Waals surface area contributed by atoms with Crippen LogP contribution in [0.2, 0.25) is 0 Å². The van der Waals surface area contributed by atoms with Crippen LogP contribution in [0, 0.1) is 12.8 Å². The van der Waals surface area contributed by atoms with E-state index in [9.17, 15) is 14.7 Å². The first-order valence-corrected chi connectivity index (χ1v) is 8.88. The molecule has 0 radical (unpaired) electrons. The van der Waals surface area contributed by atoms with E-state index in [1.807, 2.05) is 37.3 Å². The number of carbonyl (C=O) groups excluding carboxylic acids is 1. The summed E-state index contributed by atoms with van der Waals surface area (Å²) in [6, 6.07) is 10.0. The number of aryl methyl sites for hydroxylation is 1. The lowest BCUT2D eigenvalue weighted by atomic mass is 9.98. The minimum absolute atomic E-state index is 0.0877. The molecule has 1 aromatic heterocycles. The first kappa shape index (κ1) is 16.6. The van der Waals surface area contributed by atoms with E-state index in [1.165, 1.54) is 11.3 Å². The van der Waals surface area contributed by atoms with E-state index < -0.39 is 11.9 Å². The Morgan fingerprint density at radius 2 is 2.08 bits per heavy atom. The van der Waals surface area contributed by atoms with Gasteiger partial charge in [0.1, 0.15) is 4.88 Å². The monoisotopic (exact) mass is 344 g/mol. The number of piperidine rings is 1. The third-order valence-corrected chi connectivity index (χ3v) is 5.44. The fraction of sp³-hybridized carbons (Fsp3) is 0.389. The normalized spacial score (nSPS) is 17.7. The van der Waals surface area contributed by atoms with Crippen molar-refractivity contribution in [2.24, 2.45) is 5.92 Å². The SMILES string of the molecule is Cc1nc(Cc2ccccc2)sc1C(=O)N1CCC[C@@H](C(=O)O)C1. The van der Waals surface area contributed by atoms with E-state index in [-0.39, 0.29) is 5.91 Å². The molecule has 0 aliphatic carbocycles. The first-order valence-electron chi connectivity index (χ1n) is 8.07. The van der Waals surface area contributed by atoms with E-state index >= 15 is 0 Å². The Hall–Kier alpha value is -2.21. The zero-order chi connectivity index (χ0) is 17.1. The van der Waals surface area contributed by atoms with Crippen LogP contribution in [0.3, 0.4) is 0 Å². The second kappa shape index (κ2) is 7.13. The number of rotatable bonds is 4. The minimum atomic E-state index is -0.821. The third-order valence-electron chi connectivity index (χ3n) is 4.29. The highest BCUT2D eigenvalue weighted by molar-refractivity contribution is 7.13. The van der Waals surface area contributed by atoms with Gasteiger partial charge in [-0.15, -0.1) is 11.3 Å². The van der Waals surface area contributed by atoms with E-state index in [4.69, 9.17) is 0 Å². The molecule has 1 saturated heterocycles. The fourth-order valence-electron chi connectivity index (χ4n) is 3.00. The van der Waals surface area contributed by atoms with Gasteiger partial charge in [-0.05, 0) is 25.3 Å². The number of carboxylic acid groups (broad SMARTS) is 1. The van der Waals surface area contributed by atoms with Gasteiger partial charge in [-0.1, -0.05) is 30.3 Å². The highest BCUT2D eigenvalue weighted by Crippen LogP contribution is 2.25. The van der Waals surface area contributed by atoms with Gasteiger partial charge in [0.15, 0.2) is 0 Å². The molecule has 1 N–H and O–H groups in total. The Labute approximate surface area is 145 Å². The standard InChI is InChI=1S/C18H20N2O3S/c1-12-16(17(21)20-9-5-8-14(11-20)18(22)23)24-15(19-12)10-13-6-3-2-4-7-13/h2-4,6-7,14H,5,8-11H2,1H3,(H,22,23)/t14-/m1/s1. The number of hydrogen-bond acceptors (Lipinski definition) is 4. The highest BCUT2D eigenvalue weighted by Gasteiger charge is 2.30. The minimum Gasteiger partial charge on any atom is -0.481 e. The molecule has 1 atom stereocenters. The Morgan fingerprint density at radius 1 is 1.33 bits per heavy atom. The average molecular weight is 344 g/mol. The molecule has 1 aliphatic heterocycles. The summed E-state index contributed by atoms with van der Waals surface area (Å²) in [5, 5.41) is 10.1. The maximum absolute atomic E-state index is 12.8. The van der Waals surface area contributed by atoms with Crippen LogP contribution in [0.1, 0.15) is 38.8 Å². The third kappa shape index (κ3) is 3.64. The number of hydrogen-bond donors (Lipinski definition) is 1. The molecule has 1 fully saturated rings. The lowest BCUT2D eigenvalue weighted by Gasteiger charge is -2.30. The molecule has 1 aromatic carbocycles. The molecule has 0 spiro atoms. The molecule has 1 aliphatic rings. The molecule has 24 heavy (non-hydrogen) atoms. The molecule has 2 heterocycles. The first-order chi connectivity index (χ1) is 11.5. The Morgan fingerprint density at radius 3 is 2.79 bits per heavy atom. The van der Waals surface area contributed by atoms with Gasteiger partial charge in [0, 0.05) is 19.5 Å². The van der Waals surface area contributed by atoms with Crippen molar-refractivity contribution in [3.05, 3.63) is 51.5 Å². The number of likely N-dealkylation sites (tertiary alicyclic amines) is 1. The predicted molar refractivity (Wildman–Crippen MR) is 92.4 cm³/mol. The van der Waals surface area contributed by atoms with Crippen LogP contribution in [-0.4, -0.2) is 40.0 Å². The Balaban J connectivity index is 1.74. The topological polar surface area (TPSA) is 70.5 Å². The number of benzene rings is 1. The van der Waals surface area contributed by atoms with Crippen molar-refractivity contribution in [3.8, 4) is 0 Å². The number of carboxylic acids is 1. The number of nitrogens with zero attached hydrogens (tertiary/aromatic N) is 2. The highest BCUT2D eigenvalue weighted by atomic mass is 32.1. The molecule has 6 heteroatoms. The van der Waals surface area contributed by atoms with Crippen molar-refractivity contribution in [3.63, 3.8) is 0 Å². The summed E-state index contributed by atoms with van der Waals surface area (Å²) in [4.78, 5) is 30.8. The van der Waals surface area contributed by atoms with Gasteiger partial charge in [0.05, 0.1) is 16.6 Å². The van der Waals surface area contributed by atoms with Crippen molar-refractivity contribution < 1.29 is 14.7 Å². The van der Waals surface area contributed by atoms with E-state index in [0.29, 0.717) is 30.8 Å². The van der Waals surface area contributed by atoms with Crippen molar-refractivity contribution in [2.75, 3.05) is 13.1 Å². The largest absolute Gasteiger partial charge is 0.481 e. The summed E-state index contributed by atoms with van der Waals surface area (Å²) in [6.07, 6.45) is 2.08. The molecule has 5 nitrogen and oxygen atoms in total. The molecule has 0 bridgehead atoms. The Bertz CT molecular complexity index is 742. The molecular weight excluding hydrogens is 324 g/mol. The molecule has 1 amide bonds. The van der Waals surface area contributed by atoms with Gasteiger partial charge in [-0.3, -0.25) is 9.59 Å². The maximum atomic E-state index is 12.8. The van der Waals surface area contributed by atoms with Gasteiger partial charge in [-0.2, -0.15) is 0 Å². The van der Waals surface area contributed by atoms with E-state index in [2.05, 4.69) is 4.98 Å². The van der Waals surface area contributed by atoms with Crippen molar-refractivity contribution in [1.82, 2.24) is 9.88 Å². The quantitative estimate of drug-likeness (QED) is 0.926. The van der Waals surface area contributed by atoms with Crippen LogP contribution in [0.5, 0.6) is 0 Å². The van der Waals surface area contributed by atoms with E-state index in [1.54, 1.807) is 4.90 Å². The second-order valence-electron chi connectivity index (χ2n) is 6.11. The molecule has 2 aromatic rings. The fourth-order valence-corrected chi connectivity index (χ4v) is 4.07. The molecule has 3 rings (SSSR count). The van der Waals surface area contributed by atoms with Crippen LogP contribution >= 0.6 is 11.3 Å². The number of thiazole rings is 1. The summed E-state index contributed by atoms with van der Waals surface area (Å²) in [6.45, 7) is 2.75. The van der Waals surface area contributed by atoms with Gasteiger partial charge < -0.3 is 10.0 Å². The number of amides is 1. The van der Waals surface area contributed by atoms with Crippen LogP contribution in [-0.2, 0) is 11.2 Å². The number of aromatic nitrogens is 1. The molecule has 0 saturated carbocycles. The summed E-state index contributed by atoms with van der Waals surface area (Å²) < 4.78 is 0. The van der Waals surface area contributed by atoms with Gasteiger partial charge in [0.2, 0.25) is 0 Å². The average Bonchev–Trinajstić information content (AvgIpc) is 2.95. The summed E-state index contributed by atoms with van der Waals surface area (Å²) >= 11 is 1.42. The summed E-state index contributed by atoms with van der Waals surface area (Å²) in [7, 11) is 0. The lowest BCUT2D eigenvalue weighted by Crippen LogP contribution is -2.42. The summed E-state index contributed by atoms with van der Waals surface area (Å²) in [5.74, 6) is -1.37. The zero-order valence-electron chi connectivity index (χ0n) is 13.6.